The van der Waals surface area contributed by atoms with Crippen molar-refractivity contribution in [2.24, 2.45) is 0 Å². The number of aromatic nitrogens is 1. The van der Waals surface area contributed by atoms with Crippen molar-refractivity contribution in [3.8, 4) is 10.6 Å². The molecular weight excluding hydrogens is 250 g/mol. The second kappa shape index (κ2) is 5.14. The lowest BCUT2D eigenvalue weighted by Crippen LogP contribution is -1.90. The number of fused-ring (bicyclic) bond motifs is 1. The standard InChI is InChI=1S/C17H17NS/c1-3-12(2)13-8-10-14(11-9-13)17-18-15-6-4-5-7-16(15)19-17/h4-12H,3H2,1-2H3. The molecule has 0 saturated carbocycles. The fourth-order valence-corrected chi connectivity index (χ4v) is 3.16. The van der Waals surface area contributed by atoms with E-state index in [1.807, 2.05) is 6.07 Å². The van der Waals surface area contributed by atoms with E-state index in [2.05, 4.69) is 56.3 Å². The van der Waals surface area contributed by atoms with Gasteiger partial charge in [0.15, 0.2) is 0 Å². The van der Waals surface area contributed by atoms with Crippen LogP contribution in [0.1, 0.15) is 31.7 Å². The Labute approximate surface area is 117 Å². The summed E-state index contributed by atoms with van der Waals surface area (Å²) in [5.74, 6) is 0.629. The molecule has 3 rings (SSSR count). The van der Waals surface area contributed by atoms with Gasteiger partial charge in [0.2, 0.25) is 0 Å². The SMILES string of the molecule is CCC(C)c1ccc(-c2nc3ccccc3s2)cc1. The average Bonchev–Trinajstić information content (AvgIpc) is 2.90. The van der Waals surface area contributed by atoms with Crippen molar-refractivity contribution in [3.05, 3.63) is 54.1 Å². The lowest BCUT2D eigenvalue weighted by molar-refractivity contribution is 0.734. The Morgan fingerprint density at radius 2 is 1.79 bits per heavy atom. The van der Waals surface area contributed by atoms with Gasteiger partial charge in [-0.05, 0) is 30.0 Å². The zero-order valence-corrected chi connectivity index (χ0v) is 12.1. The Bertz CT molecular complexity index is 649. The summed E-state index contributed by atoms with van der Waals surface area (Å²) in [5, 5.41) is 1.11. The van der Waals surface area contributed by atoms with Crippen LogP contribution in [0.5, 0.6) is 0 Å². The van der Waals surface area contributed by atoms with E-state index in [0.717, 1.165) is 10.5 Å². The molecule has 0 amide bonds. The van der Waals surface area contributed by atoms with E-state index >= 15 is 0 Å². The van der Waals surface area contributed by atoms with E-state index in [1.165, 1.54) is 22.2 Å². The summed E-state index contributed by atoms with van der Waals surface area (Å²) in [6.07, 6.45) is 1.18. The van der Waals surface area contributed by atoms with Crippen LogP contribution in [-0.2, 0) is 0 Å². The number of benzene rings is 2. The fourth-order valence-electron chi connectivity index (χ4n) is 2.19. The minimum atomic E-state index is 0.629. The highest BCUT2D eigenvalue weighted by atomic mass is 32.1. The summed E-state index contributed by atoms with van der Waals surface area (Å²) >= 11 is 1.76. The summed E-state index contributed by atoms with van der Waals surface area (Å²) in [7, 11) is 0. The molecule has 96 valence electrons. The van der Waals surface area contributed by atoms with Crippen LogP contribution in [0.4, 0.5) is 0 Å². The van der Waals surface area contributed by atoms with Gasteiger partial charge in [-0.15, -0.1) is 11.3 Å². The number of nitrogens with zero attached hydrogens (tertiary/aromatic N) is 1. The molecule has 2 heteroatoms. The molecule has 1 atom stereocenters. The van der Waals surface area contributed by atoms with Crippen molar-refractivity contribution < 1.29 is 0 Å². The summed E-state index contributed by atoms with van der Waals surface area (Å²) in [6, 6.07) is 17.2. The molecule has 0 bridgehead atoms. The highest BCUT2D eigenvalue weighted by molar-refractivity contribution is 7.21. The summed E-state index contributed by atoms with van der Waals surface area (Å²) in [6.45, 7) is 4.50. The second-order valence-electron chi connectivity index (χ2n) is 4.92. The number of rotatable bonds is 3. The highest BCUT2D eigenvalue weighted by Crippen LogP contribution is 2.31. The van der Waals surface area contributed by atoms with Gasteiger partial charge in [-0.2, -0.15) is 0 Å². The van der Waals surface area contributed by atoms with E-state index in [1.54, 1.807) is 11.3 Å². The summed E-state index contributed by atoms with van der Waals surface area (Å²) in [4.78, 5) is 4.70. The van der Waals surface area contributed by atoms with Crippen LogP contribution >= 0.6 is 11.3 Å². The van der Waals surface area contributed by atoms with Gasteiger partial charge in [0.05, 0.1) is 10.2 Å². The summed E-state index contributed by atoms with van der Waals surface area (Å²) in [5.41, 5.74) is 3.72. The zero-order chi connectivity index (χ0) is 13.2. The first-order valence-electron chi connectivity index (χ1n) is 6.74. The highest BCUT2D eigenvalue weighted by Gasteiger charge is 2.07. The van der Waals surface area contributed by atoms with Gasteiger partial charge < -0.3 is 0 Å². The van der Waals surface area contributed by atoms with Crippen molar-refractivity contribution in [2.45, 2.75) is 26.2 Å². The van der Waals surface area contributed by atoms with E-state index in [-0.39, 0.29) is 0 Å². The molecule has 0 aliphatic rings. The fraction of sp³-hybridized carbons (Fsp3) is 0.235. The Morgan fingerprint density at radius 1 is 1.05 bits per heavy atom. The Hall–Kier alpha value is -1.67. The van der Waals surface area contributed by atoms with Crippen molar-refractivity contribution in [1.29, 1.82) is 0 Å². The van der Waals surface area contributed by atoms with Crippen LogP contribution in [0, 0.1) is 0 Å². The van der Waals surface area contributed by atoms with Crippen LogP contribution in [0.3, 0.4) is 0 Å². The Morgan fingerprint density at radius 3 is 2.47 bits per heavy atom. The molecular formula is C17H17NS. The van der Waals surface area contributed by atoms with E-state index in [9.17, 15) is 0 Å². The van der Waals surface area contributed by atoms with E-state index in [4.69, 9.17) is 4.98 Å². The molecule has 0 N–H and O–H groups in total. The van der Waals surface area contributed by atoms with Crippen LogP contribution in [0.2, 0.25) is 0 Å². The van der Waals surface area contributed by atoms with Gasteiger partial charge in [-0.1, -0.05) is 50.2 Å². The molecule has 0 spiro atoms. The summed E-state index contributed by atoms with van der Waals surface area (Å²) < 4.78 is 1.25. The maximum Gasteiger partial charge on any atom is 0.124 e. The number of hydrogen-bond acceptors (Lipinski definition) is 2. The molecule has 0 aliphatic carbocycles. The third kappa shape index (κ3) is 2.41. The van der Waals surface area contributed by atoms with Crippen LogP contribution in [0.15, 0.2) is 48.5 Å². The van der Waals surface area contributed by atoms with Gasteiger partial charge in [0.25, 0.3) is 0 Å². The minimum Gasteiger partial charge on any atom is -0.236 e. The molecule has 1 nitrogen and oxygen atoms in total. The Kier molecular flexibility index (Phi) is 3.34. The molecule has 0 saturated heterocycles. The maximum atomic E-state index is 4.70. The molecule has 0 aliphatic heterocycles. The predicted molar refractivity (Wildman–Crippen MR) is 83.8 cm³/mol. The maximum absolute atomic E-state index is 4.70. The zero-order valence-electron chi connectivity index (χ0n) is 11.3. The number of thiazole rings is 1. The third-order valence-corrected chi connectivity index (χ3v) is 4.72. The van der Waals surface area contributed by atoms with Gasteiger partial charge in [0.1, 0.15) is 5.01 Å². The van der Waals surface area contributed by atoms with Crippen LogP contribution in [0.25, 0.3) is 20.8 Å². The van der Waals surface area contributed by atoms with Gasteiger partial charge in [-0.25, -0.2) is 4.98 Å². The predicted octanol–water partition coefficient (Wildman–Crippen LogP) is 5.48. The first-order valence-corrected chi connectivity index (χ1v) is 7.55. The van der Waals surface area contributed by atoms with Crippen molar-refractivity contribution in [3.63, 3.8) is 0 Å². The number of hydrogen-bond donors (Lipinski definition) is 0. The van der Waals surface area contributed by atoms with Crippen molar-refractivity contribution >= 4 is 21.6 Å². The van der Waals surface area contributed by atoms with Crippen LogP contribution < -0.4 is 0 Å². The molecule has 1 heterocycles. The molecule has 1 unspecified atom stereocenters. The molecule has 0 radical (unpaired) electrons. The monoisotopic (exact) mass is 267 g/mol. The molecule has 3 aromatic rings. The second-order valence-corrected chi connectivity index (χ2v) is 5.95. The van der Waals surface area contributed by atoms with Crippen LogP contribution in [-0.4, -0.2) is 4.98 Å². The molecule has 0 fully saturated rings. The van der Waals surface area contributed by atoms with Gasteiger partial charge >= 0.3 is 0 Å². The first kappa shape index (κ1) is 12.4. The number of para-hydroxylation sites is 1. The van der Waals surface area contributed by atoms with Crippen molar-refractivity contribution in [2.75, 3.05) is 0 Å². The largest absolute Gasteiger partial charge is 0.236 e. The van der Waals surface area contributed by atoms with E-state index < -0.39 is 0 Å². The average molecular weight is 267 g/mol. The van der Waals surface area contributed by atoms with Gasteiger partial charge in [0, 0.05) is 5.56 Å². The molecule has 2 aromatic carbocycles. The lowest BCUT2D eigenvalue weighted by atomic mass is 9.98. The quantitative estimate of drug-likeness (QED) is 0.612. The smallest absolute Gasteiger partial charge is 0.124 e. The van der Waals surface area contributed by atoms with Crippen molar-refractivity contribution in [1.82, 2.24) is 4.98 Å². The van der Waals surface area contributed by atoms with Gasteiger partial charge in [-0.3, -0.25) is 0 Å². The minimum absolute atomic E-state index is 0.629. The lowest BCUT2D eigenvalue weighted by Gasteiger charge is -2.08. The molecule has 19 heavy (non-hydrogen) atoms. The molecule has 1 aromatic heterocycles. The third-order valence-electron chi connectivity index (χ3n) is 3.63. The topological polar surface area (TPSA) is 12.9 Å². The van der Waals surface area contributed by atoms with E-state index in [0.29, 0.717) is 5.92 Å². The normalized spacial score (nSPS) is 12.7. The first-order chi connectivity index (χ1) is 9.28. The Balaban J connectivity index is 1.97.